The Kier molecular flexibility index (Phi) is 3.62. The Morgan fingerprint density at radius 3 is 2.94 bits per heavy atom. The first-order valence-electron chi connectivity index (χ1n) is 6.12. The molecule has 0 saturated heterocycles. The van der Waals surface area contributed by atoms with Crippen LogP contribution < -0.4 is 0 Å². The lowest BCUT2D eigenvalue weighted by Gasteiger charge is -2.25. The number of likely N-dealkylation sites (N-methyl/N-ethyl adjacent to an activating group) is 1. The van der Waals surface area contributed by atoms with Crippen molar-refractivity contribution < 1.29 is 5.11 Å². The van der Waals surface area contributed by atoms with E-state index < -0.39 is 0 Å². The van der Waals surface area contributed by atoms with Crippen molar-refractivity contribution in [1.82, 2.24) is 4.90 Å². The summed E-state index contributed by atoms with van der Waals surface area (Å²) in [5.41, 5.74) is 4.33. The van der Waals surface area contributed by atoms with E-state index in [4.69, 9.17) is 0 Å². The maximum atomic E-state index is 9.28. The minimum atomic E-state index is -0.192. The highest BCUT2D eigenvalue weighted by Crippen LogP contribution is 2.20. The number of fused-ring (bicyclic) bond motifs is 1. The Hall–Kier alpha value is -0.860. The fraction of sp³-hybridized carbons (Fsp3) is 0.571. The Labute approximate surface area is 97.9 Å². The molecule has 0 amide bonds. The van der Waals surface area contributed by atoms with Gasteiger partial charge in [-0.25, -0.2) is 0 Å². The molecule has 0 aromatic heterocycles. The highest BCUT2D eigenvalue weighted by molar-refractivity contribution is 5.33. The van der Waals surface area contributed by atoms with E-state index in [2.05, 4.69) is 30.1 Å². The molecular weight excluding hydrogens is 198 g/mol. The quantitative estimate of drug-likeness (QED) is 0.840. The third kappa shape index (κ3) is 2.83. The van der Waals surface area contributed by atoms with Gasteiger partial charge in [-0.15, -0.1) is 0 Å². The second kappa shape index (κ2) is 4.98. The van der Waals surface area contributed by atoms with E-state index in [1.54, 1.807) is 0 Å². The van der Waals surface area contributed by atoms with Crippen LogP contribution in [-0.2, 0) is 19.4 Å². The average molecular weight is 219 g/mol. The second-order valence-electron chi connectivity index (χ2n) is 4.98. The number of nitrogens with zero attached hydrogens (tertiary/aromatic N) is 1. The van der Waals surface area contributed by atoms with Crippen molar-refractivity contribution >= 4 is 0 Å². The Balaban J connectivity index is 2.07. The summed E-state index contributed by atoms with van der Waals surface area (Å²) in [5.74, 6) is 0. The lowest BCUT2D eigenvalue weighted by atomic mass is 9.95. The predicted octanol–water partition coefficient (Wildman–Crippen LogP) is 1.99. The Morgan fingerprint density at radius 1 is 1.38 bits per heavy atom. The van der Waals surface area contributed by atoms with E-state index >= 15 is 0 Å². The van der Waals surface area contributed by atoms with E-state index in [0.29, 0.717) is 0 Å². The number of hydrogen-bond donors (Lipinski definition) is 1. The summed E-state index contributed by atoms with van der Waals surface area (Å²) in [4.78, 5) is 2.36. The first kappa shape index (κ1) is 11.6. The maximum absolute atomic E-state index is 9.28. The van der Waals surface area contributed by atoms with Crippen molar-refractivity contribution in [2.75, 3.05) is 13.6 Å². The van der Waals surface area contributed by atoms with Crippen molar-refractivity contribution in [2.24, 2.45) is 0 Å². The second-order valence-corrected chi connectivity index (χ2v) is 4.98. The molecular formula is C14H21NO. The zero-order chi connectivity index (χ0) is 11.5. The van der Waals surface area contributed by atoms with Crippen molar-refractivity contribution in [3.63, 3.8) is 0 Å². The molecule has 0 bridgehead atoms. The summed E-state index contributed by atoms with van der Waals surface area (Å²) >= 11 is 0. The largest absolute Gasteiger partial charge is 0.393 e. The molecule has 1 aromatic carbocycles. The van der Waals surface area contributed by atoms with Crippen molar-refractivity contribution in [2.45, 2.75) is 38.8 Å². The van der Waals surface area contributed by atoms with E-state index in [0.717, 1.165) is 32.4 Å². The fourth-order valence-electron chi connectivity index (χ4n) is 2.28. The first-order valence-corrected chi connectivity index (χ1v) is 6.12. The van der Waals surface area contributed by atoms with Gasteiger partial charge in [-0.3, -0.25) is 0 Å². The molecule has 1 aliphatic heterocycles. The number of hydrogen-bond acceptors (Lipinski definition) is 2. The van der Waals surface area contributed by atoms with Crippen LogP contribution in [0, 0.1) is 0 Å². The molecule has 2 heteroatoms. The van der Waals surface area contributed by atoms with E-state index in [1.165, 1.54) is 16.7 Å². The summed E-state index contributed by atoms with van der Waals surface area (Å²) in [6.45, 7) is 4.09. The van der Waals surface area contributed by atoms with Crippen LogP contribution in [-0.4, -0.2) is 29.7 Å². The topological polar surface area (TPSA) is 23.5 Å². The average Bonchev–Trinajstić information content (AvgIpc) is 2.26. The van der Waals surface area contributed by atoms with Gasteiger partial charge in [0.1, 0.15) is 0 Å². The van der Waals surface area contributed by atoms with Crippen LogP contribution in [0.15, 0.2) is 18.2 Å². The number of benzene rings is 1. The van der Waals surface area contributed by atoms with Gasteiger partial charge in [0.15, 0.2) is 0 Å². The van der Waals surface area contributed by atoms with Crippen LogP contribution in [0.1, 0.15) is 30.0 Å². The standard InChI is InChI=1S/C14H21NO/c1-11(16)3-4-12-5-6-14-10-15(2)8-7-13(14)9-12/h5-6,9,11,16H,3-4,7-8,10H2,1-2H3. The van der Waals surface area contributed by atoms with Crippen molar-refractivity contribution in [1.29, 1.82) is 0 Å². The molecule has 0 fully saturated rings. The van der Waals surface area contributed by atoms with Gasteiger partial charge in [-0.1, -0.05) is 18.2 Å². The molecule has 0 radical (unpaired) electrons. The molecule has 0 spiro atoms. The normalized spacial score (nSPS) is 18.2. The van der Waals surface area contributed by atoms with E-state index in [-0.39, 0.29) is 6.10 Å². The highest BCUT2D eigenvalue weighted by Gasteiger charge is 2.13. The fourth-order valence-corrected chi connectivity index (χ4v) is 2.28. The van der Waals surface area contributed by atoms with E-state index in [9.17, 15) is 5.11 Å². The molecule has 1 aliphatic rings. The van der Waals surface area contributed by atoms with Gasteiger partial charge in [-0.2, -0.15) is 0 Å². The molecule has 1 aromatic rings. The van der Waals surface area contributed by atoms with Gasteiger partial charge in [0.25, 0.3) is 0 Å². The highest BCUT2D eigenvalue weighted by atomic mass is 16.3. The van der Waals surface area contributed by atoms with Crippen molar-refractivity contribution in [3.8, 4) is 0 Å². The lowest BCUT2D eigenvalue weighted by molar-refractivity contribution is 0.185. The lowest BCUT2D eigenvalue weighted by Crippen LogP contribution is -2.26. The molecule has 0 aliphatic carbocycles. The number of aryl methyl sites for hydroxylation is 1. The van der Waals surface area contributed by atoms with Crippen LogP contribution in [0.4, 0.5) is 0 Å². The van der Waals surface area contributed by atoms with Gasteiger partial charge in [-0.05, 0) is 49.9 Å². The van der Waals surface area contributed by atoms with Crippen LogP contribution in [0.3, 0.4) is 0 Å². The molecule has 1 N–H and O–H groups in total. The van der Waals surface area contributed by atoms with Crippen LogP contribution in [0.5, 0.6) is 0 Å². The third-order valence-corrected chi connectivity index (χ3v) is 3.32. The molecule has 2 rings (SSSR count). The summed E-state index contributed by atoms with van der Waals surface area (Å²) in [5, 5.41) is 9.28. The first-order chi connectivity index (χ1) is 7.65. The van der Waals surface area contributed by atoms with Crippen LogP contribution >= 0.6 is 0 Å². The smallest absolute Gasteiger partial charge is 0.0515 e. The van der Waals surface area contributed by atoms with Crippen LogP contribution in [0.25, 0.3) is 0 Å². The summed E-state index contributed by atoms with van der Waals surface area (Å²) in [7, 11) is 2.17. The minimum Gasteiger partial charge on any atom is -0.393 e. The Bertz CT molecular complexity index is 360. The number of aliphatic hydroxyl groups excluding tert-OH is 1. The molecule has 1 heterocycles. The van der Waals surface area contributed by atoms with Gasteiger partial charge < -0.3 is 10.0 Å². The third-order valence-electron chi connectivity index (χ3n) is 3.32. The summed E-state index contributed by atoms with van der Waals surface area (Å²) in [6, 6.07) is 6.79. The van der Waals surface area contributed by atoms with E-state index in [1.807, 2.05) is 6.92 Å². The van der Waals surface area contributed by atoms with Crippen LogP contribution in [0.2, 0.25) is 0 Å². The van der Waals surface area contributed by atoms with Gasteiger partial charge in [0.2, 0.25) is 0 Å². The molecule has 88 valence electrons. The SMILES string of the molecule is CC(O)CCc1ccc2c(c1)CCN(C)C2. The van der Waals surface area contributed by atoms with Gasteiger partial charge >= 0.3 is 0 Å². The predicted molar refractivity (Wildman–Crippen MR) is 66.5 cm³/mol. The monoisotopic (exact) mass is 219 g/mol. The Morgan fingerprint density at radius 2 is 2.19 bits per heavy atom. The summed E-state index contributed by atoms with van der Waals surface area (Å²) in [6.07, 6.45) is 2.82. The molecule has 2 nitrogen and oxygen atoms in total. The molecule has 0 saturated carbocycles. The zero-order valence-corrected chi connectivity index (χ0v) is 10.2. The summed E-state index contributed by atoms with van der Waals surface area (Å²) < 4.78 is 0. The van der Waals surface area contributed by atoms with Gasteiger partial charge in [0, 0.05) is 13.1 Å². The maximum Gasteiger partial charge on any atom is 0.0515 e. The molecule has 1 atom stereocenters. The van der Waals surface area contributed by atoms with Crippen molar-refractivity contribution in [3.05, 3.63) is 34.9 Å². The molecule has 1 unspecified atom stereocenters. The van der Waals surface area contributed by atoms with Gasteiger partial charge in [0.05, 0.1) is 6.10 Å². The number of rotatable bonds is 3. The molecule has 16 heavy (non-hydrogen) atoms. The zero-order valence-electron chi connectivity index (χ0n) is 10.2. The minimum absolute atomic E-state index is 0.192. The number of aliphatic hydroxyl groups is 1.